The minimum Gasteiger partial charge on any atom is -0.497 e. The zero-order chi connectivity index (χ0) is 24.4. The van der Waals surface area contributed by atoms with E-state index in [1.807, 2.05) is 29.2 Å². The third kappa shape index (κ3) is 4.79. The third-order valence-electron chi connectivity index (χ3n) is 7.10. The maximum absolute atomic E-state index is 13.2. The molecule has 0 radical (unpaired) electrons. The Morgan fingerprint density at radius 3 is 2.40 bits per heavy atom. The molecule has 1 aliphatic carbocycles. The van der Waals surface area contributed by atoms with Crippen LogP contribution in [0.4, 0.5) is 5.69 Å². The molecular weight excluding hydrogens is 444 g/mol. The number of amides is 3. The highest BCUT2D eigenvalue weighted by Gasteiger charge is 2.42. The second-order valence-corrected chi connectivity index (χ2v) is 9.27. The SMILES string of the molecule is COc1ccc(CN2CCN(C(=O)c3cccc(N4NC(=O)C5CC=CCC5C4=O)c3)CC2)cc1. The van der Waals surface area contributed by atoms with E-state index in [0.29, 0.717) is 37.2 Å². The lowest BCUT2D eigenvalue weighted by atomic mass is 9.80. The van der Waals surface area contributed by atoms with E-state index in [2.05, 4.69) is 22.5 Å². The number of rotatable bonds is 5. The van der Waals surface area contributed by atoms with Gasteiger partial charge in [-0.05, 0) is 48.7 Å². The van der Waals surface area contributed by atoms with Crippen LogP contribution >= 0.6 is 0 Å². The molecule has 3 aliphatic rings. The molecule has 0 aromatic heterocycles. The molecule has 0 spiro atoms. The molecule has 35 heavy (non-hydrogen) atoms. The largest absolute Gasteiger partial charge is 0.497 e. The number of anilines is 1. The van der Waals surface area contributed by atoms with Crippen LogP contribution in [0.2, 0.25) is 0 Å². The number of benzene rings is 2. The maximum atomic E-state index is 13.2. The average molecular weight is 475 g/mol. The quantitative estimate of drug-likeness (QED) is 0.674. The van der Waals surface area contributed by atoms with Crippen molar-refractivity contribution in [3.8, 4) is 5.75 Å². The summed E-state index contributed by atoms with van der Waals surface area (Å²) >= 11 is 0. The molecule has 182 valence electrons. The Morgan fingerprint density at radius 1 is 0.971 bits per heavy atom. The number of piperazine rings is 1. The first-order chi connectivity index (χ1) is 17.0. The first kappa shape index (κ1) is 23.1. The number of hydrazine groups is 1. The summed E-state index contributed by atoms with van der Waals surface area (Å²) in [5, 5.41) is 1.31. The van der Waals surface area contributed by atoms with Crippen molar-refractivity contribution in [1.82, 2.24) is 15.2 Å². The molecule has 0 bridgehead atoms. The Hall–Kier alpha value is -3.65. The fraction of sp³-hybridized carbons (Fsp3) is 0.370. The summed E-state index contributed by atoms with van der Waals surface area (Å²) in [4.78, 5) is 43.1. The van der Waals surface area contributed by atoms with Gasteiger partial charge in [-0.2, -0.15) is 0 Å². The number of ether oxygens (including phenoxy) is 1. The summed E-state index contributed by atoms with van der Waals surface area (Å²) in [6.45, 7) is 3.67. The van der Waals surface area contributed by atoms with Crippen LogP contribution < -0.4 is 15.2 Å². The molecule has 2 atom stereocenters. The van der Waals surface area contributed by atoms with Gasteiger partial charge in [0.15, 0.2) is 0 Å². The number of hydrogen-bond donors (Lipinski definition) is 1. The standard InChI is InChI=1S/C27H30N4O4/c1-35-22-11-9-19(10-12-22)18-29-13-15-30(16-14-29)26(33)20-5-4-6-21(17-20)31-27(34)24-8-3-2-7-23(24)25(32)28-31/h2-6,9-12,17,23-24H,7-8,13-16,18H2,1H3,(H,28,32). The van der Waals surface area contributed by atoms with Crippen LogP contribution in [0.3, 0.4) is 0 Å². The number of hydrogen-bond acceptors (Lipinski definition) is 5. The maximum Gasteiger partial charge on any atom is 0.254 e. The zero-order valence-corrected chi connectivity index (χ0v) is 19.9. The predicted molar refractivity (Wildman–Crippen MR) is 132 cm³/mol. The molecule has 2 aromatic rings. The van der Waals surface area contributed by atoms with Gasteiger partial charge in [-0.1, -0.05) is 30.4 Å². The van der Waals surface area contributed by atoms with Gasteiger partial charge in [-0.15, -0.1) is 0 Å². The predicted octanol–water partition coefficient (Wildman–Crippen LogP) is 2.61. The van der Waals surface area contributed by atoms with Crippen LogP contribution in [0.15, 0.2) is 60.7 Å². The lowest BCUT2D eigenvalue weighted by Gasteiger charge is -2.38. The van der Waals surface area contributed by atoms with Crippen LogP contribution in [0.1, 0.15) is 28.8 Å². The molecule has 8 nitrogen and oxygen atoms in total. The number of allylic oxidation sites excluding steroid dienone is 2. The lowest BCUT2D eigenvalue weighted by molar-refractivity contribution is -0.139. The molecule has 2 aromatic carbocycles. The van der Waals surface area contributed by atoms with E-state index in [4.69, 9.17) is 4.74 Å². The summed E-state index contributed by atoms with van der Waals surface area (Å²) in [6.07, 6.45) is 5.07. The number of carbonyl (C=O) groups is 3. The highest BCUT2D eigenvalue weighted by molar-refractivity contribution is 6.05. The second-order valence-electron chi connectivity index (χ2n) is 9.27. The molecule has 2 saturated heterocycles. The number of nitrogens with zero attached hydrogens (tertiary/aromatic N) is 3. The van der Waals surface area contributed by atoms with Crippen LogP contribution in [-0.4, -0.2) is 60.8 Å². The van der Waals surface area contributed by atoms with Crippen LogP contribution in [-0.2, 0) is 16.1 Å². The topological polar surface area (TPSA) is 82.2 Å². The Kier molecular flexibility index (Phi) is 6.55. The molecule has 8 heteroatoms. The third-order valence-corrected chi connectivity index (χ3v) is 7.10. The summed E-state index contributed by atoms with van der Waals surface area (Å²) in [5.41, 5.74) is 4.97. The van der Waals surface area contributed by atoms with E-state index in [9.17, 15) is 14.4 Å². The van der Waals surface area contributed by atoms with Crippen molar-refractivity contribution >= 4 is 23.4 Å². The summed E-state index contributed by atoms with van der Waals surface area (Å²) in [6, 6.07) is 15.0. The van der Waals surface area contributed by atoms with Crippen molar-refractivity contribution in [1.29, 1.82) is 0 Å². The van der Waals surface area contributed by atoms with E-state index in [-0.39, 0.29) is 29.6 Å². The first-order valence-corrected chi connectivity index (χ1v) is 12.1. The number of methoxy groups -OCH3 is 1. The summed E-state index contributed by atoms with van der Waals surface area (Å²) in [5.74, 6) is -0.174. The highest BCUT2D eigenvalue weighted by Crippen LogP contribution is 2.32. The Balaban J connectivity index is 1.22. The molecular formula is C27H30N4O4. The fourth-order valence-electron chi connectivity index (χ4n) is 5.04. The fourth-order valence-corrected chi connectivity index (χ4v) is 5.04. The average Bonchev–Trinajstić information content (AvgIpc) is 2.91. The van der Waals surface area contributed by atoms with Crippen molar-refractivity contribution in [2.45, 2.75) is 19.4 Å². The lowest BCUT2D eigenvalue weighted by Crippen LogP contribution is -2.59. The van der Waals surface area contributed by atoms with Gasteiger partial charge in [0, 0.05) is 38.3 Å². The molecule has 2 aliphatic heterocycles. The molecule has 2 heterocycles. The van der Waals surface area contributed by atoms with Gasteiger partial charge in [0.2, 0.25) is 11.8 Å². The number of nitrogens with one attached hydrogen (secondary N) is 1. The molecule has 1 N–H and O–H groups in total. The van der Waals surface area contributed by atoms with Crippen LogP contribution in [0, 0.1) is 11.8 Å². The number of fused-ring (bicyclic) bond motifs is 1. The van der Waals surface area contributed by atoms with E-state index in [1.54, 1.807) is 31.4 Å². The molecule has 3 amide bonds. The van der Waals surface area contributed by atoms with Crippen molar-refractivity contribution in [2.75, 3.05) is 38.3 Å². The van der Waals surface area contributed by atoms with Gasteiger partial charge < -0.3 is 9.64 Å². The van der Waals surface area contributed by atoms with Gasteiger partial charge in [-0.25, -0.2) is 5.01 Å². The van der Waals surface area contributed by atoms with Gasteiger partial charge in [0.25, 0.3) is 5.91 Å². The molecule has 2 fully saturated rings. The van der Waals surface area contributed by atoms with E-state index >= 15 is 0 Å². The van der Waals surface area contributed by atoms with Crippen LogP contribution in [0.5, 0.6) is 5.75 Å². The normalized spacial score (nSPS) is 22.5. The smallest absolute Gasteiger partial charge is 0.254 e. The van der Waals surface area contributed by atoms with Gasteiger partial charge in [0.1, 0.15) is 5.75 Å². The highest BCUT2D eigenvalue weighted by atomic mass is 16.5. The zero-order valence-electron chi connectivity index (χ0n) is 19.9. The van der Waals surface area contributed by atoms with Gasteiger partial charge in [0.05, 0.1) is 24.6 Å². The number of carbonyl (C=O) groups excluding carboxylic acids is 3. The molecule has 2 unspecified atom stereocenters. The van der Waals surface area contributed by atoms with E-state index in [0.717, 1.165) is 25.4 Å². The first-order valence-electron chi connectivity index (χ1n) is 12.1. The Bertz CT molecular complexity index is 1140. The Morgan fingerprint density at radius 2 is 1.69 bits per heavy atom. The molecule has 0 saturated carbocycles. The Labute approximate surface area is 205 Å². The van der Waals surface area contributed by atoms with Crippen molar-refractivity contribution in [3.63, 3.8) is 0 Å². The minimum atomic E-state index is -0.355. The van der Waals surface area contributed by atoms with Crippen molar-refractivity contribution in [3.05, 3.63) is 71.8 Å². The van der Waals surface area contributed by atoms with Gasteiger partial charge >= 0.3 is 0 Å². The monoisotopic (exact) mass is 474 g/mol. The second kappa shape index (κ2) is 9.92. The van der Waals surface area contributed by atoms with Gasteiger partial charge in [-0.3, -0.25) is 24.7 Å². The van der Waals surface area contributed by atoms with Crippen LogP contribution in [0.25, 0.3) is 0 Å². The van der Waals surface area contributed by atoms with Crippen molar-refractivity contribution in [2.24, 2.45) is 11.8 Å². The molecule has 5 rings (SSSR count). The summed E-state index contributed by atoms with van der Waals surface area (Å²) < 4.78 is 5.22. The van der Waals surface area contributed by atoms with Crippen molar-refractivity contribution < 1.29 is 19.1 Å². The summed E-state index contributed by atoms with van der Waals surface area (Å²) in [7, 11) is 1.66. The van der Waals surface area contributed by atoms with E-state index in [1.165, 1.54) is 10.6 Å². The van der Waals surface area contributed by atoms with E-state index < -0.39 is 0 Å². The minimum absolute atomic E-state index is 0.0646.